The Labute approximate surface area is 106 Å². The molecule has 0 aliphatic carbocycles. The average Bonchev–Trinajstić information content (AvgIpc) is 2.39. The van der Waals surface area contributed by atoms with Crippen LogP contribution in [0, 0.1) is 11.8 Å². The van der Waals surface area contributed by atoms with Gasteiger partial charge in [0.2, 0.25) is 0 Å². The van der Waals surface area contributed by atoms with E-state index in [1.165, 1.54) is 18.4 Å². The molecule has 0 saturated heterocycles. The van der Waals surface area contributed by atoms with Gasteiger partial charge in [-0.3, -0.25) is 0 Å². The molecule has 92 valence electrons. The van der Waals surface area contributed by atoms with Crippen LogP contribution in [0.2, 0.25) is 0 Å². The normalized spacial score (nSPS) is 11.6. The fourth-order valence-corrected chi connectivity index (χ4v) is 1.84. The Morgan fingerprint density at radius 3 is 2.65 bits per heavy atom. The predicted octanol–water partition coefficient (Wildman–Crippen LogP) is 3.40. The molecule has 1 unspecified atom stereocenters. The highest BCUT2D eigenvalue weighted by molar-refractivity contribution is 5.15. The first-order chi connectivity index (χ1) is 8.36. The second kappa shape index (κ2) is 8.84. The molecule has 1 atom stereocenters. The molecule has 0 aromatic heterocycles. The van der Waals surface area contributed by atoms with Crippen LogP contribution in [0.5, 0.6) is 0 Å². The molecular weight excluding hydrogens is 206 g/mol. The second-order valence-corrected chi connectivity index (χ2v) is 4.31. The summed E-state index contributed by atoms with van der Waals surface area (Å²) in [5.74, 6) is 6.16. The molecule has 0 radical (unpaired) electrons. The van der Waals surface area contributed by atoms with Gasteiger partial charge in [0.1, 0.15) is 0 Å². The van der Waals surface area contributed by atoms with E-state index < -0.39 is 0 Å². The van der Waals surface area contributed by atoms with E-state index in [-0.39, 0.29) is 0 Å². The van der Waals surface area contributed by atoms with Gasteiger partial charge in [-0.05, 0) is 38.3 Å². The second-order valence-electron chi connectivity index (χ2n) is 4.31. The van der Waals surface area contributed by atoms with Gasteiger partial charge in [0, 0.05) is 12.5 Å². The third-order valence-electron chi connectivity index (χ3n) is 2.83. The fraction of sp³-hybridized carbons (Fsp3) is 0.500. The lowest BCUT2D eigenvalue weighted by Crippen LogP contribution is -2.29. The Morgan fingerprint density at radius 2 is 2.00 bits per heavy atom. The summed E-state index contributed by atoms with van der Waals surface area (Å²) in [4.78, 5) is 0. The zero-order valence-electron chi connectivity index (χ0n) is 11.0. The van der Waals surface area contributed by atoms with Crippen LogP contribution >= 0.6 is 0 Å². The smallest absolute Gasteiger partial charge is 0.0243 e. The van der Waals surface area contributed by atoms with Crippen LogP contribution in [0.3, 0.4) is 0 Å². The van der Waals surface area contributed by atoms with Crippen molar-refractivity contribution in [2.24, 2.45) is 0 Å². The maximum Gasteiger partial charge on any atom is 0.0243 e. The van der Waals surface area contributed by atoms with E-state index in [4.69, 9.17) is 0 Å². The lowest BCUT2D eigenvalue weighted by atomic mass is 10.0. The number of nitrogens with one attached hydrogen (secondary N) is 1. The molecule has 0 bridgehead atoms. The number of aryl methyl sites for hydroxylation is 1. The third-order valence-corrected chi connectivity index (χ3v) is 2.83. The largest absolute Gasteiger partial charge is 0.313 e. The van der Waals surface area contributed by atoms with E-state index in [1.54, 1.807) is 0 Å². The zero-order valence-corrected chi connectivity index (χ0v) is 11.0. The summed E-state index contributed by atoms with van der Waals surface area (Å²) >= 11 is 0. The van der Waals surface area contributed by atoms with Gasteiger partial charge in [-0.25, -0.2) is 0 Å². The Kier molecular flexibility index (Phi) is 7.18. The summed E-state index contributed by atoms with van der Waals surface area (Å²) < 4.78 is 0. The van der Waals surface area contributed by atoms with Crippen LogP contribution in [-0.4, -0.2) is 12.6 Å². The van der Waals surface area contributed by atoms with E-state index in [1.807, 2.05) is 6.92 Å². The SMILES string of the molecule is CC#CCC(CCc1ccccc1)NCCC. The van der Waals surface area contributed by atoms with Crippen molar-refractivity contribution in [3.8, 4) is 11.8 Å². The van der Waals surface area contributed by atoms with Crippen molar-refractivity contribution in [1.82, 2.24) is 5.32 Å². The van der Waals surface area contributed by atoms with Gasteiger partial charge in [-0.2, -0.15) is 0 Å². The first kappa shape index (κ1) is 13.8. The molecule has 1 rings (SSSR count). The Morgan fingerprint density at radius 1 is 1.24 bits per heavy atom. The molecule has 0 amide bonds. The predicted molar refractivity (Wildman–Crippen MR) is 74.9 cm³/mol. The van der Waals surface area contributed by atoms with Crippen LogP contribution in [-0.2, 0) is 6.42 Å². The Bertz CT molecular complexity index is 345. The van der Waals surface area contributed by atoms with Crippen LogP contribution in [0.1, 0.15) is 38.7 Å². The van der Waals surface area contributed by atoms with Crippen molar-refractivity contribution >= 4 is 0 Å². The lowest BCUT2D eigenvalue weighted by molar-refractivity contribution is 0.489. The summed E-state index contributed by atoms with van der Waals surface area (Å²) in [6.07, 6.45) is 4.44. The molecule has 0 aliphatic rings. The van der Waals surface area contributed by atoms with Gasteiger partial charge in [0.15, 0.2) is 0 Å². The van der Waals surface area contributed by atoms with E-state index in [9.17, 15) is 0 Å². The van der Waals surface area contributed by atoms with Crippen LogP contribution in [0.15, 0.2) is 30.3 Å². The van der Waals surface area contributed by atoms with Crippen molar-refractivity contribution < 1.29 is 0 Å². The summed E-state index contributed by atoms with van der Waals surface area (Å²) in [7, 11) is 0. The molecule has 0 saturated carbocycles. The number of hydrogen-bond donors (Lipinski definition) is 1. The highest BCUT2D eigenvalue weighted by Crippen LogP contribution is 2.07. The summed E-state index contributed by atoms with van der Waals surface area (Å²) in [5, 5.41) is 3.57. The molecule has 0 heterocycles. The van der Waals surface area contributed by atoms with Crippen molar-refractivity contribution in [2.75, 3.05) is 6.54 Å². The van der Waals surface area contributed by atoms with Crippen LogP contribution < -0.4 is 5.32 Å². The lowest BCUT2D eigenvalue weighted by Gasteiger charge is -2.15. The standard InChI is InChI=1S/C16H23N/c1-3-5-11-16(17-14-4-2)13-12-15-9-7-6-8-10-15/h6-10,16-17H,4,11-14H2,1-2H3. The fourth-order valence-electron chi connectivity index (χ4n) is 1.84. The summed E-state index contributed by atoms with van der Waals surface area (Å²) in [6.45, 7) is 5.20. The molecule has 0 spiro atoms. The van der Waals surface area contributed by atoms with E-state index in [2.05, 4.69) is 54.4 Å². The topological polar surface area (TPSA) is 12.0 Å². The monoisotopic (exact) mass is 229 g/mol. The van der Waals surface area contributed by atoms with Gasteiger partial charge >= 0.3 is 0 Å². The molecule has 0 fully saturated rings. The molecule has 1 aromatic carbocycles. The molecule has 1 nitrogen and oxygen atoms in total. The third kappa shape index (κ3) is 6.14. The Balaban J connectivity index is 2.39. The summed E-state index contributed by atoms with van der Waals surface area (Å²) in [6, 6.07) is 11.2. The molecule has 1 N–H and O–H groups in total. The van der Waals surface area contributed by atoms with Gasteiger partial charge in [0.25, 0.3) is 0 Å². The van der Waals surface area contributed by atoms with Gasteiger partial charge < -0.3 is 5.32 Å². The number of hydrogen-bond acceptors (Lipinski definition) is 1. The van der Waals surface area contributed by atoms with Crippen molar-refractivity contribution in [3.05, 3.63) is 35.9 Å². The first-order valence-electron chi connectivity index (χ1n) is 6.53. The van der Waals surface area contributed by atoms with Gasteiger partial charge in [0.05, 0.1) is 0 Å². The van der Waals surface area contributed by atoms with Crippen molar-refractivity contribution in [3.63, 3.8) is 0 Å². The first-order valence-corrected chi connectivity index (χ1v) is 6.53. The van der Waals surface area contributed by atoms with Crippen molar-refractivity contribution in [1.29, 1.82) is 0 Å². The number of benzene rings is 1. The van der Waals surface area contributed by atoms with Gasteiger partial charge in [-0.1, -0.05) is 37.3 Å². The van der Waals surface area contributed by atoms with E-state index in [0.717, 1.165) is 19.4 Å². The quantitative estimate of drug-likeness (QED) is 0.707. The highest BCUT2D eigenvalue weighted by atomic mass is 14.9. The highest BCUT2D eigenvalue weighted by Gasteiger charge is 2.05. The maximum absolute atomic E-state index is 3.57. The molecule has 0 aliphatic heterocycles. The minimum Gasteiger partial charge on any atom is -0.313 e. The van der Waals surface area contributed by atoms with Crippen molar-refractivity contribution in [2.45, 2.75) is 45.6 Å². The van der Waals surface area contributed by atoms with Gasteiger partial charge in [-0.15, -0.1) is 11.8 Å². The number of rotatable bonds is 7. The zero-order chi connectivity index (χ0) is 12.3. The molecule has 17 heavy (non-hydrogen) atoms. The molecule has 1 heteroatoms. The van der Waals surface area contributed by atoms with Crippen LogP contribution in [0.25, 0.3) is 0 Å². The van der Waals surface area contributed by atoms with E-state index in [0.29, 0.717) is 6.04 Å². The molecular formula is C16H23N. The minimum atomic E-state index is 0.530. The maximum atomic E-state index is 3.57. The Hall–Kier alpha value is -1.26. The molecule has 1 aromatic rings. The van der Waals surface area contributed by atoms with E-state index >= 15 is 0 Å². The average molecular weight is 229 g/mol. The summed E-state index contributed by atoms with van der Waals surface area (Å²) in [5.41, 5.74) is 1.42. The van der Waals surface area contributed by atoms with Crippen LogP contribution in [0.4, 0.5) is 0 Å². The minimum absolute atomic E-state index is 0.530.